The topological polar surface area (TPSA) is 52.7 Å². The van der Waals surface area contributed by atoms with E-state index < -0.39 is 0 Å². The molecule has 0 fully saturated rings. The number of nitrogens with zero attached hydrogens (tertiary/aromatic N) is 2. The van der Waals surface area contributed by atoms with Crippen LogP contribution in [0.4, 0.5) is 0 Å². The zero-order valence-corrected chi connectivity index (χ0v) is 15.1. The first-order chi connectivity index (χ1) is 11.0. The molecule has 0 heterocycles. The first-order valence-corrected chi connectivity index (χ1v) is 8.84. The molecule has 132 valence electrons. The standard InChI is InChI=1S/C18H33N3O2/c1-16(22)21(14-7-13-20(2)3)15-11-18(23)19-12-10-17-8-5-4-6-9-17/h8H,4-7,9-15H2,1-3H3,(H,19,23). The molecule has 0 unspecified atom stereocenters. The van der Waals surface area contributed by atoms with Crippen LogP contribution in [0.2, 0.25) is 0 Å². The fraction of sp³-hybridized carbons (Fsp3) is 0.778. The molecule has 2 amide bonds. The third-order valence-electron chi connectivity index (χ3n) is 4.24. The average Bonchev–Trinajstić information content (AvgIpc) is 2.51. The minimum absolute atomic E-state index is 0.0419. The number of rotatable bonds is 10. The quantitative estimate of drug-likeness (QED) is 0.627. The molecule has 0 radical (unpaired) electrons. The van der Waals surface area contributed by atoms with Crippen LogP contribution in [0.1, 0.15) is 51.9 Å². The second kappa shape index (κ2) is 11.2. The van der Waals surface area contributed by atoms with Gasteiger partial charge < -0.3 is 15.1 Å². The van der Waals surface area contributed by atoms with Gasteiger partial charge in [-0.15, -0.1) is 0 Å². The fourth-order valence-electron chi connectivity index (χ4n) is 2.82. The molecule has 0 aliphatic heterocycles. The van der Waals surface area contributed by atoms with E-state index >= 15 is 0 Å². The van der Waals surface area contributed by atoms with Gasteiger partial charge in [0.15, 0.2) is 0 Å². The highest BCUT2D eigenvalue weighted by molar-refractivity contribution is 5.78. The van der Waals surface area contributed by atoms with Gasteiger partial charge in [-0.3, -0.25) is 9.59 Å². The number of amides is 2. The van der Waals surface area contributed by atoms with Gasteiger partial charge in [-0.2, -0.15) is 0 Å². The Labute approximate surface area is 141 Å². The molecule has 5 heteroatoms. The third kappa shape index (κ3) is 9.39. The maximum atomic E-state index is 11.9. The molecule has 0 saturated carbocycles. The Balaban J connectivity index is 2.18. The van der Waals surface area contributed by atoms with Gasteiger partial charge in [0, 0.05) is 33.0 Å². The number of hydrogen-bond acceptors (Lipinski definition) is 3. The van der Waals surface area contributed by atoms with E-state index in [1.807, 2.05) is 14.1 Å². The number of allylic oxidation sites excluding steroid dienone is 1. The van der Waals surface area contributed by atoms with Crippen LogP contribution in [0.25, 0.3) is 0 Å². The SMILES string of the molecule is CC(=O)N(CCCN(C)C)CCC(=O)NCCC1=CCCCC1. The normalized spacial score (nSPS) is 14.5. The number of hydrogen-bond donors (Lipinski definition) is 1. The van der Waals surface area contributed by atoms with Crippen LogP contribution in [0.3, 0.4) is 0 Å². The van der Waals surface area contributed by atoms with Gasteiger partial charge in [0.25, 0.3) is 0 Å². The molecular weight excluding hydrogens is 290 g/mol. The summed E-state index contributed by atoms with van der Waals surface area (Å²) < 4.78 is 0. The Morgan fingerprint density at radius 2 is 1.96 bits per heavy atom. The van der Waals surface area contributed by atoms with Gasteiger partial charge in [-0.1, -0.05) is 11.6 Å². The molecule has 0 atom stereocenters. The van der Waals surface area contributed by atoms with Crippen LogP contribution in [0.5, 0.6) is 0 Å². The lowest BCUT2D eigenvalue weighted by Gasteiger charge is -2.22. The molecule has 1 rings (SSSR count). The number of carbonyl (C=O) groups is 2. The van der Waals surface area contributed by atoms with Crippen LogP contribution in [0.15, 0.2) is 11.6 Å². The lowest BCUT2D eigenvalue weighted by molar-refractivity contribution is -0.129. The summed E-state index contributed by atoms with van der Waals surface area (Å²) in [7, 11) is 4.04. The zero-order chi connectivity index (χ0) is 17.1. The van der Waals surface area contributed by atoms with Gasteiger partial charge >= 0.3 is 0 Å². The van der Waals surface area contributed by atoms with Crippen LogP contribution >= 0.6 is 0 Å². The third-order valence-corrected chi connectivity index (χ3v) is 4.24. The van der Waals surface area contributed by atoms with Gasteiger partial charge in [0.05, 0.1) is 0 Å². The highest BCUT2D eigenvalue weighted by Crippen LogP contribution is 2.19. The van der Waals surface area contributed by atoms with E-state index in [-0.39, 0.29) is 11.8 Å². The fourth-order valence-corrected chi connectivity index (χ4v) is 2.82. The maximum absolute atomic E-state index is 11.9. The molecule has 0 saturated heterocycles. The first-order valence-electron chi connectivity index (χ1n) is 8.84. The molecule has 23 heavy (non-hydrogen) atoms. The van der Waals surface area contributed by atoms with Crippen molar-refractivity contribution < 1.29 is 9.59 Å². The van der Waals surface area contributed by atoms with Crippen molar-refractivity contribution in [2.75, 3.05) is 40.3 Å². The predicted molar refractivity (Wildman–Crippen MR) is 94.2 cm³/mol. The maximum Gasteiger partial charge on any atom is 0.221 e. The Morgan fingerprint density at radius 1 is 1.17 bits per heavy atom. The predicted octanol–water partition coefficient (Wildman–Crippen LogP) is 2.18. The largest absolute Gasteiger partial charge is 0.356 e. The summed E-state index contributed by atoms with van der Waals surface area (Å²) in [4.78, 5) is 27.4. The Bertz CT molecular complexity index is 405. The van der Waals surface area contributed by atoms with Crippen molar-refractivity contribution in [3.8, 4) is 0 Å². The summed E-state index contributed by atoms with van der Waals surface area (Å²) in [6.45, 7) is 4.46. The smallest absolute Gasteiger partial charge is 0.221 e. The summed E-state index contributed by atoms with van der Waals surface area (Å²) in [6.07, 6.45) is 9.54. The molecule has 1 aliphatic carbocycles. The molecule has 1 aliphatic rings. The van der Waals surface area contributed by atoms with E-state index in [9.17, 15) is 9.59 Å². The van der Waals surface area contributed by atoms with E-state index in [0.29, 0.717) is 26.1 Å². The van der Waals surface area contributed by atoms with E-state index in [4.69, 9.17) is 0 Å². The molecule has 0 aromatic carbocycles. The van der Waals surface area contributed by atoms with Gasteiger partial charge in [0.1, 0.15) is 0 Å². The summed E-state index contributed by atoms with van der Waals surface area (Å²) >= 11 is 0. The molecule has 0 aromatic heterocycles. The lowest BCUT2D eigenvalue weighted by Crippen LogP contribution is -2.35. The van der Waals surface area contributed by atoms with Gasteiger partial charge in [0.2, 0.25) is 11.8 Å². The molecule has 0 aromatic rings. The van der Waals surface area contributed by atoms with Crippen molar-refractivity contribution in [2.45, 2.75) is 51.9 Å². The minimum Gasteiger partial charge on any atom is -0.356 e. The number of carbonyl (C=O) groups excluding carboxylic acids is 2. The Hall–Kier alpha value is -1.36. The highest BCUT2D eigenvalue weighted by Gasteiger charge is 2.11. The van der Waals surface area contributed by atoms with Crippen LogP contribution in [-0.2, 0) is 9.59 Å². The van der Waals surface area contributed by atoms with Crippen LogP contribution in [-0.4, -0.2) is 61.9 Å². The van der Waals surface area contributed by atoms with E-state index in [2.05, 4.69) is 16.3 Å². The first kappa shape index (κ1) is 19.7. The van der Waals surface area contributed by atoms with E-state index in [0.717, 1.165) is 19.4 Å². The average molecular weight is 323 g/mol. The number of nitrogens with one attached hydrogen (secondary N) is 1. The monoisotopic (exact) mass is 323 g/mol. The van der Waals surface area contributed by atoms with Crippen molar-refractivity contribution in [2.24, 2.45) is 0 Å². The Kier molecular flexibility index (Phi) is 9.60. The van der Waals surface area contributed by atoms with E-state index in [1.165, 1.54) is 31.3 Å². The highest BCUT2D eigenvalue weighted by atomic mass is 16.2. The second-order valence-electron chi connectivity index (χ2n) is 6.62. The van der Waals surface area contributed by atoms with Gasteiger partial charge in [-0.05, 0) is 59.2 Å². The molecule has 5 nitrogen and oxygen atoms in total. The summed E-state index contributed by atoms with van der Waals surface area (Å²) in [5.41, 5.74) is 1.48. The lowest BCUT2D eigenvalue weighted by atomic mass is 9.97. The van der Waals surface area contributed by atoms with E-state index in [1.54, 1.807) is 11.8 Å². The summed E-state index contributed by atoms with van der Waals surface area (Å²) in [5, 5.41) is 2.97. The summed E-state index contributed by atoms with van der Waals surface area (Å²) in [5.74, 6) is 0.0872. The minimum atomic E-state index is 0.0419. The van der Waals surface area contributed by atoms with Crippen molar-refractivity contribution in [3.63, 3.8) is 0 Å². The van der Waals surface area contributed by atoms with Crippen molar-refractivity contribution in [1.29, 1.82) is 0 Å². The molecule has 0 bridgehead atoms. The second-order valence-corrected chi connectivity index (χ2v) is 6.62. The Morgan fingerprint density at radius 3 is 2.57 bits per heavy atom. The van der Waals surface area contributed by atoms with Crippen LogP contribution in [0, 0.1) is 0 Å². The zero-order valence-electron chi connectivity index (χ0n) is 15.1. The van der Waals surface area contributed by atoms with Crippen molar-refractivity contribution in [1.82, 2.24) is 15.1 Å². The van der Waals surface area contributed by atoms with Gasteiger partial charge in [-0.25, -0.2) is 0 Å². The molecule has 1 N–H and O–H groups in total. The van der Waals surface area contributed by atoms with Crippen molar-refractivity contribution >= 4 is 11.8 Å². The molecular formula is C18H33N3O2. The summed E-state index contributed by atoms with van der Waals surface area (Å²) in [6, 6.07) is 0. The van der Waals surface area contributed by atoms with Crippen molar-refractivity contribution in [3.05, 3.63) is 11.6 Å². The molecule has 0 spiro atoms. The van der Waals surface area contributed by atoms with Crippen LogP contribution < -0.4 is 5.32 Å².